The molecule has 6 unspecified atom stereocenters. The molecule has 6 atom stereocenters. The van der Waals surface area contributed by atoms with Gasteiger partial charge in [-0.05, 0) is 48.5 Å². The number of imide groups is 2. The van der Waals surface area contributed by atoms with Gasteiger partial charge in [-0.3, -0.25) is 19.2 Å². The van der Waals surface area contributed by atoms with Gasteiger partial charge in [-0.25, -0.2) is 19.8 Å². The van der Waals surface area contributed by atoms with Crippen LogP contribution in [0.5, 0.6) is 23.0 Å². The van der Waals surface area contributed by atoms with Gasteiger partial charge in [0.15, 0.2) is 0 Å². The smallest absolute Gasteiger partial charge is 0.253 e. The van der Waals surface area contributed by atoms with Crippen LogP contribution in [0.3, 0.4) is 0 Å². The van der Waals surface area contributed by atoms with Crippen LogP contribution in [0.1, 0.15) is 23.2 Å². The molecule has 0 spiro atoms. The van der Waals surface area contributed by atoms with E-state index in [1.165, 1.54) is 38.2 Å². The zero-order valence-electron chi connectivity index (χ0n) is 27.8. The van der Waals surface area contributed by atoms with Crippen LogP contribution in [0.2, 0.25) is 0 Å². The SMILES string of the molecule is COc1ccc(C2C3C(=O)N(c4ccccc4)C(=O)C3N3C(c4ccc(OC)cc4OC)C4C(=O)N(c5ccccc5)C(=O)C4N23)c(OC)c1. The molecule has 0 radical (unpaired) electrons. The van der Waals surface area contributed by atoms with Crippen LogP contribution in [0.4, 0.5) is 11.4 Å². The highest BCUT2D eigenvalue weighted by Gasteiger charge is 2.74. The molecule has 0 aliphatic carbocycles. The highest BCUT2D eigenvalue weighted by molar-refractivity contribution is 6.26. The molecule has 8 rings (SSSR count). The van der Waals surface area contributed by atoms with Gasteiger partial charge in [0.2, 0.25) is 11.8 Å². The quantitative estimate of drug-likeness (QED) is 0.252. The molecule has 4 saturated heterocycles. The first-order chi connectivity index (χ1) is 24.3. The summed E-state index contributed by atoms with van der Waals surface area (Å²) >= 11 is 0. The number of para-hydroxylation sites is 2. The van der Waals surface area contributed by atoms with E-state index in [2.05, 4.69) is 0 Å². The average Bonchev–Trinajstić information content (AvgIpc) is 3.82. The molecule has 4 aliphatic rings. The third kappa shape index (κ3) is 4.38. The Balaban J connectivity index is 1.38. The van der Waals surface area contributed by atoms with E-state index >= 15 is 0 Å². The molecule has 0 bridgehead atoms. The largest absolute Gasteiger partial charge is 0.497 e. The zero-order chi connectivity index (χ0) is 34.8. The van der Waals surface area contributed by atoms with Crippen molar-refractivity contribution in [3.05, 3.63) is 108 Å². The normalized spacial score (nSPS) is 25.9. The number of hydrogen-bond donors (Lipinski definition) is 0. The standard InChI is InChI=1S/C38H34N4O8/c1-47-23-15-17-25(27(19-23)49-3)31-29-33(37(45)39(35(29)43)21-11-7-5-8-12-21)42-32(26-18-16-24(48-2)20-28(26)50-4)30-34(41(31)42)38(46)40(36(30)44)22-13-9-6-10-14-22/h5-20,29-34H,1-4H3. The maximum absolute atomic E-state index is 14.7. The van der Waals surface area contributed by atoms with Gasteiger partial charge in [0.1, 0.15) is 35.1 Å². The van der Waals surface area contributed by atoms with Gasteiger partial charge in [0.25, 0.3) is 11.8 Å². The molecule has 12 heteroatoms. The van der Waals surface area contributed by atoms with Gasteiger partial charge in [-0.2, -0.15) is 0 Å². The Bertz CT molecular complexity index is 1880. The fourth-order valence-corrected chi connectivity index (χ4v) is 8.24. The van der Waals surface area contributed by atoms with E-state index in [9.17, 15) is 19.2 Å². The highest BCUT2D eigenvalue weighted by atomic mass is 16.5. The van der Waals surface area contributed by atoms with E-state index in [0.717, 1.165) is 0 Å². The van der Waals surface area contributed by atoms with E-state index in [0.29, 0.717) is 45.5 Å². The fourth-order valence-electron chi connectivity index (χ4n) is 8.24. The number of rotatable bonds is 8. The number of ether oxygens (including phenoxy) is 4. The van der Waals surface area contributed by atoms with Gasteiger partial charge >= 0.3 is 0 Å². The summed E-state index contributed by atoms with van der Waals surface area (Å²) in [7, 11) is 6.11. The fraction of sp³-hybridized carbons (Fsp3) is 0.263. The van der Waals surface area contributed by atoms with Crippen molar-refractivity contribution >= 4 is 35.0 Å². The third-order valence-corrected chi connectivity index (χ3v) is 10.3. The molecule has 4 heterocycles. The second-order valence-electron chi connectivity index (χ2n) is 12.5. The van der Waals surface area contributed by atoms with Crippen molar-refractivity contribution in [3.63, 3.8) is 0 Å². The number of hydrogen-bond acceptors (Lipinski definition) is 10. The molecule has 4 aromatic rings. The Morgan fingerprint density at radius 1 is 0.440 bits per heavy atom. The van der Waals surface area contributed by atoms with E-state index in [-0.39, 0.29) is 0 Å². The molecule has 4 fully saturated rings. The lowest BCUT2D eigenvalue weighted by Crippen LogP contribution is -2.50. The minimum Gasteiger partial charge on any atom is -0.497 e. The van der Waals surface area contributed by atoms with Gasteiger partial charge in [0, 0.05) is 23.3 Å². The van der Waals surface area contributed by atoms with Crippen LogP contribution in [-0.2, 0) is 19.2 Å². The molecule has 0 N–H and O–H groups in total. The Hall–Kier alpha value is -5.72. The summed E-state index contributed by atoms with van der Waals surface area (Å²) in [5.41, 5.74) is 2.01. The first-order valence-corrected chi connectivity index (χ1v) is 16.2. The Morgan fingerprint density at radius 2 is 0.820 bits per heavy atom. The first kappa shape index (κ1) is 31.5. The summed E-state index contributed by atoms with van der Waals surface area (Å²) in [6.45, 7) is 0. The Kier molecular flexibility index (Phi) is 7.57. The summed E-state index contributed by atoms with van der Waals surface area (Å²) in [6.07, 6.45) is 0. The molecule has 12 nitrogen and oxygen atoms in total. The van der Waals surface area contributed by atoms with E-state index in [1.54, 1.807) is 94.9 Å². The topological polar surface area (TPSA) is 118 Å². The number of carbonyl (C=O) groups is 4. The van der Waals surface area contributed by atoms with Crippen LogP contribution in [0.15, 0.2) is 97.1 Å². The molecule has 4 aliphatic heterocycles. The number of nitrogens with zero attached hydrogens (tertiary/aromatic N) is 4. The summed E-state index contributed by atoms with van der Waals surface area (Å²) in [5, 5.41) is 3.58. The summed E-state index contributed by atoms with van der Waals surface area (Å²) in [5.74, 6) is -1.81. The minimum atomic E-state index is -1.06. The summed E-state index contributed by atoms with van der Waals surface area (Å²) < 4.78 is 22.7. The van der Waals surface area contributed by atoms with Gasteiger partial charge in [-0.15, -0.1) is 0 Å². The number of amides is 4. The van der Waals surface area contributed by atoms with Gasteiger partial charge in [0.05, 0.1) is 63.7 Å². The predicted molar refractivity (Wildman–Crippen MR) is 181 cm³/mol. The van der Waals surface area contributed by atoms with Crippen molar-refractivity contribution in [1.29, 1.82) is 0 Å². The number of methoxy groups -OCH3 is 4. The molecule has 4 aromatic carbocycles. The van der Waals surface area contributed by atoms with Crippen molar-refractivity contribution < 1.29 is 38.1 Å². The molecule has 0 saturated carbocycles. The second-order valence-corrected chi connectivity index (χ2v) is 12.5. The zero-order valence-corrected chi connectivity index (χ0v) is 27.8. The van der Waals surface area contributed by atoms with Crippen LogP contribution in [-0.4, -0.2) is 74.2 Å². The Labute approximate surface area is 288 Å². The molecule has 0 aromatic heterocycles. The lowest BCUT2D eigenvalue weighted by molar-refractivity contribution is -0.136. The number of carbonyl (C=O) groups excluding carboxylic acids is 4. The maximum atomic E-state index is 14.7. The highest BCUT2D eigenvalue weighted by Crippen LogP contribution is 2.61. The van der Waals surface area contributed by atoms with Gasteiger partial charge in [-0.1, -0.05) is 36.4 Å². The van der Waals surface area contributed by atoms with Crippen molar-refractivity contribution in [3.8, 4) is 23.0 Å². The maximum Gasteiger partial charge on any atom is 0.253 e. The van der Waals surface area contributed by atoms with Gasteiger partial charge < -0.3 is 18.9 Å². The van der Waals surface area contributed by atoms with Crippen LogP contribution >= 0.6 is 0 Å². The van der Waals surface area contributed by atoms with E-state index in [1.807, 2.05) is 12.1 Å². The predicted octanol–water partition coefficient (Wildman–Crippen LogP) is 4.17. The van der Waals surface area contributed by atoms with Crippen LogP contribution in [0, 0.1) is 11.8 Å². The first-order valence-electron chi connectivity index (χ1n) is 16.2. The van der Waals surface area contributed by atoms with Crippen molar-refractivity contribution in [1.82, 2.24) is 10.0 Å². The average molecular weight is 675 g/mol. The van der Waals surface area contributed by atoms with E-state index in [4.69, 9.17) is 18.9 Å². The number of anilines is 2. The third-order valence-electron chi connectivity index (χ3n) is 10.3. The molecule has 254 valence electrons. The molecule has 4 amide bonds. The molecular weight excluding hydrogens is 640 g/mol. The van der Waals surface area contributed by atoms with Crippen LogP contribution < -0.4 is 28.7 Å². The second kappa shape index (κ2) is 12.0. The summed E-state index contributed by atoms with van der Waals surface area (Å²) in [6, 6.07) is 24.2. The number of hydrazine groups is 1. The lowest BCUT2D eigenvalue weighted by Gasteiger charge is -2.36. The van der Waals surface area contributed by atoms with Crippen LogP contribution in [0.25, 0.3) is 0 Å². The van der Waals surface area contributed by atoms with E-state index < -0.39 is 59.6 Å². The number of benzene rings is 4. The Morgan fingerprint density at radius 3 is 1.16 bits per heavy atom. The summed E-state index contributed by atoms with van der Waals surface area (Å²) in [4.78, 5) is 61.3. The van der Waals surface area contributed by atoms with Crippen molar-refractivity contribution in [2.24, 2.45) is 11.8 Å². The molecule has 50 heavy (non-hydrogen) atoms. The number of fused-ring (bicyclic) bond motifs is 5. The monoisotopic (exact) mass is 674 g/mol. The minimum absolute atomic E-state index is 0.409. The molecular formula is C38H34N4O8. The van der Waals surface area contributed by atoms with Crippen molar-refractivity contribution in [2.75, 3.05) is 38.2 Å². The lowest BCUT2D eigenvalue weighted by atomic mass is 9.83. The van der Waals surface area contributed by atoms with Crippen molar-refractivity contribution in [2.45, 2.75) is 24.2 Å².